The third kappa shape index (κ3) is 1.55. The topological polar surface area (TPSA) is 38.9 Å². The number of hydrogen-bond acceptors (Lipinski definition) is 3. The number of fused-ring (bicyclic) bond motifs is 1. The number of allylic oxidation sites excluding steroid dienone is 1. The predicted octanol–water partition coefficient (Wildman–Crippen LogP) is 1.83. The first-order valence-electron chi connectivity index (χ1n) is 3.45. The van der Waals surface area contributed by atoms with Gasteiger partial charge in [0.2, 0.25) is 0 Å². The largest absolute Gasteiger partial charge is 0.244 e. The molecule has 0 amide bonds. The number of aryl methyl sites for hydroxylation is 1. The number of rotatable bonds is 0. The molecule has 1 aromatic heterocycles. The quantitative estimate of drug-likeness (QED) is 0.529. The van der Waals surface area contributed by atoms with Crippen LogP contribution in [0.1, 0.15) is 17.8 Å². The normalized spacial score (nSPS) is 13.1. The van der Waals surface area contributed by atoms with E-state index in [1.165, 1.54) is 0 Å². The van der Waals surface area contributed by atoms with Gasteiger partial charge in [-0.05, 0) is 18.9 Å². The molecule has 1 aliphatic carbocycles. The Hall–Kier alpha value is -1.38. The monoisotopic (exact) mass is 150 g/mol. The fourth-order valence-electron chi connectivity index (χ4n) is 0.928. The summed E-state index contributed by atoms with van der Waals surface area (Å²) in [5, 5.41) is 7.40. The van der Waals surface area contributed by atoms with Crippen molar-refractivity contribution in [1.82, 2.24) is 10.3 Å². The van der Waals surface area contributed by atoms with Crippen LogP contribution in [0, 0.1) is 0 Å². The molecule has 11 heavy (non-hydrogen) atoms. The molecule has 0 spiro atoms. The van der Waals surface area contributed by atoms with E-state index in [0.29, 0.717) is 0 Å². The maximum Gasteiger partial charge on any atom is 0.130 e. The lowest BCUT2D eigenvalue weighted by molar-refractivity contribution is 0.303. The summed E-state index contributed by atoms with van der Waals surface area (Å²) in [4.78, 5) is 0. The number of nitrogens with zero attached hydrogens (tertiary/aromatic N) is 2. The predicted molar refractivity (Wildman–Crippen MR) is 42.9 cm³/mol. The number of aromatic nitrogens is 2. The van der Waals surface area contributed by atoms with E-state index in [4.69, 9.17) is 0 Å². The van der Waals surface area contributed by atoms with E-state index in [1.54, 1.807) is 0 Å². The second-order valence-corrected chi connectivity index (χ2v) is 2.04. The van der Waals surface area contributed by atoms with Crippen molar-refractivity contribution in [1.29, 1.82) is 0 Å². The Labute approximate surface area is 65.4 Å². The van der Waals surface area contributed by atoms with Crippen LogP contribution in [0.3, 0.4) is 0 Å². The Bertz CT molecular complexity index is 252. The highest BCUT2D eigenvalue weighted by Crippen LogP contribution is 2.13. The molecule has 0 saturated heterocycles. The van der Waals surface area contributed by atoms with Crippen LogP contribution in [-0.4, -0.2) is 10.3 Å². The third-order valence-corrected chi connectivity index (χ3v) is 1.41. The lowest BCUT2D eigenvalue weighted by Gasteiger charge is -1.95. The zero-order valence-electron chi connectivity index (χ0n) is 6.29. The number of hydrogen-bond donors (Lipinski definition) is 0. The summed E-state index contributed by atoms with van der Waals surface area (Å²) in [7, 11) is 0. The van der Waals surface area contributed by atoms with E-state index in [9.17, 15) is 0 Å². The van der Waals surface area contributed by atoms with Gasteiger partial charge in [0.05, 0.1) is 0 Å². The average molecular weight is 150 g/mol. The van der Waals surface area contributed by atoms with Gasteiger partial charge in [-0.3, -0.25) is 0 Å². The van der Waals surface area contributed by atoms with Crippen LogP contribution in [0.5, 0.6) is 0 Å². The lowest BCUT2D eigenvalue weighted by Crippen LogP contribution is -1.91. The van der Waals surface area contributed by atoms with Crippen LogP contribution < -0.4 is 0 Å². The Morgan fingerprint density at radius 3 is 2.91 bits per heavy atom. The van der Waals surface area contributed by atoms with Crippen LogP contribution in [0.25, 0.3) is 6.08 Å². The highest BCUT2D eigenvalue weighted by molar-refractivity contribution is 5.48. The first-order chi connectivity index (χ1) is 5.47. The van der Waals surface area contributed by atoms with Crippen LogP contribution in [0.4, 0.5) is 0 Å². The van der Waals surface area contributed by atoms with Crippen molar-refractivity contribution < 1.29 is 4.63 Å². The minimum Gasteiger partial charge on any atom is -0.244 e. The van der Waals surface area contributed by atoms with Crippen LogP contribution in [0.2, 0.25) is 0 Å². The second-order valence-electron chi connectivity index (χ2n) is 2.04. The van der Waals surface area contributed by atoms with Gasteiger partial charge in [-0.15, -0.1) is 13.2 Å². The van der Waals surface area contributed by atoms with Gasteiger partial charge in [0.25, 0.3) is 0 Å². The van der Waals surface area contributed by atoms with Gasteiger partial charge < -0.3 is 0 Å². The minimum absolute atomic E-state index is 0.890. The molecule has 3 nitrogen and oxygen atoms in total. The Morgan fingerprint density at radius 1 is 1.36 bits per heavy atom. The van der Waals surface area contributed by atoms with E-state index < -0.39 is 0 Å². The Kier molecular flexibility index (Phi) is 2.60. The van der Waals surface area contributed by atoms with Crippen LogP contribution >= 0.6 is 0 Å². The highest BCUT2D eigenvalue weighted by atomic mass is 16.6. The van der Waals surface area contributed by atoms with Gasteiger partial charge in [-0.1, -0.05) is 16.4 Å². The summed E-state index contributed by atoms with van der Waals surface area (Å²) < 4.78 is 4.52. The molecule has 0 aliphatic heterocycles. The van der Waals surface area contributed by atoms with Crippen LogP contribution in [-0.2, 0) is 6.42 Å². The fraction of sp³-hybridized carbons (Fsp3) is 0.250. The zero-order chi connectivity index (χ0) is 8.10. The summed E-state index contributed by atoms with van der Waals surface area (Å²) in [6.07, 6.45) is 6.04. The van der Waals surface area contributed by atoms with Gasteiger partial charge in [-0.25, -0.2) is 4.63 Å². The van der Waals surface area contributed by atoms with E-state index >= 15 is 0 Å². The molecule has 3 heteroatoms. The highest BCUT2D eigenvalue weighted by Gasteiger charge is 2.08. The molecule has 0 aromatic carbocycles. The first kappa shape index (κ1) is 7.72. The third-order valence-electron chi connectivity index (χ3n) is 1.41. The minimum atomic E-state index is 0.890. The first-order valence-corrected chi connectivity index (χ1v) is 3.45. The Balaban J connectivity index is 0.000000281. The molecule has 0 fully saturated rings. The van der Waals surface area contributed by atoms with Crippen molar-refractivity contribution >= 4 is 6.08 Å². The zero-order valence-corrected chi connectivity index (χ0v) is 6.29. The maximum absolute atomic E-state index is 4.52. The molecule has 0 radical (unpaired) electrons. The summed E-state index contributed by atoms with van der Waals surface area (Å²) in [6, 6.07) is 0. The smallest absolute Gasteiger partial charge is 0.130 e. The van der Waals surface area contributed by atoms with E-state index in [1.807, 2.05) is 6.08 Å². The fourth-order valence-corrected chi connectivity index (χ4v) is 0.928. The molecular weight excluding hydrogens is 140 g/mol. The molecule has 2 rings (SSSR count). The summed E-state index contributed by atoms with van der Waals surface area (Å²) in [5.74, 6) is 0. The summed E-state index contributed by atoms with van der Waals surface area (Å²) in [6.45, 7) is 6.00. The van der Waals surface area contributed by atoms with Crippen molar-refractivity contribution in [2.75, 3.05) is 0 Å². The second kappa shape index (κ2) is 3.71. The van der Waals surface area contributed by atoms with Gasteiger partial charge in [-0.2, -0.15) is 0 Å². The molecule has 58 valence electrons. The van der Waals surface area contributed by atoms with Gasteiger partial charge in [0.15, 0.2) is 0 Å². The van der Waals surface area contributed by atoms with Crippen molar-refractivity contribution in [2.45, 2.75) is 12.8 Å². The SMILES string of the molecule is C1=Cc2nonc2CC1.C=C. The maximum atomic E-state index is 4.52. The average Bonchev–Trinajstić information content (AvgIpc) is 2.55. The molecule has 0 unspecified atom stereocenters. The molecule has 1 aliphatic rings. The van der Waals surface area contributed by atoms with Gasteiger partial charge in [0.1, 0.15) is 11.4 Å². The standard InChI is InChI=1S/C6H6N2O.C2H4/c1-2-4-6-5(3-1)7-9-8-6;1-2/h1,3H,2,4H2;1-2H2. The van der Waals surface area contributed by atoms with Crippen molar-refractivity contribution in [3.8, 4) is 0 Å². The Morgan fingerprint density at radius 2 is 2.18 bits per heavy atom. The van der Waals surface area contributed by atoms with Crippen LogP contribution in [0.15, 0.2) is 23.9 Å². The van der Waals surface area contributed by atoms with Crippen molar-refractivity contribution in [3.05, 3.63) is 30.6 Å². The molecule has 0 atom stereocenters. The van der Waals surface area contributed by atoms with Crippen molar-refractivity contribution in [2.24, 2.45) is 0 Å². The molecule has 0 saturated carbocycles. The van der Waals surface area contributed by atoms with Gasteiger partial charge in [0, 0.05) is 0 Å². The van der Waals surface area contributed by atoms with E-state index in [2.05, 4.69) is 34.2 Å². The molecule has 0 bridgehead atoms. The molecule has 1 aromatic rings. The van der Waals surface area contributed by atoms with Crippen molar-refractivity contribution in [3.63, 3.8) is 0 Å². The van der Waals surface area contributed by atoms with E-state index in [-0.39, 0.29) is 0 Å². The molecule has 0 N–H and O–H groups in total. The lowest BCUT2D eigenvalue weighted by atomic mass is 10.1. The molecule has 1 heterocycles. The summed E-state index contributed by atoms with van der Waals surface area (Å²) in [5.41, 5.74) is 1.87. The summed E-state index contributed by atoms with van der Waals surface area (Å²) >= 11 is 0. The van der Waals surface area contributed by atoms with E-state index in [0.717, 1.165) is 24.2 Å². The van der Waals surface area contributed by atoms with Gasteiger partial charge >= 0.3 is 0 Å². The molecular formula is C8H10N2O.